The molecule has 0 unspecified atom stereocenters. The monoisotopic (exact) mass is 391 g/mol. The molecule has 3 aromatic rings. The Hall–Kier alpha value is -3.52. The van der Waals surface area contributed by atoms with E-state index in [0.717, 1.165) is 5.69 Å². The molecule has 0 saturated carbocycles. The topological polar surface area (TPSA) is 100 Å². The highest BCUT2D eigenvalue weighted by Crippen LogP contribution is 2.17. The summed E-state index contributed by atoms with van der Waals surface area (Å²) in [5, 5.41) is 13.3. The summed E-state index contributed by atoms with van der Waals surface area (Å²) in [6.07, 6.45) is 6.39. The van der Waals surface area contributed by atoms with Gasteiger partial charge in [0.15, 0.2) is 0 Å². The summed E-state index contributed by atoms with van der Waals surface area (Å²) in [7, 11) is 0. The summed E-state index contributed by atoms with van der Waals surface area (Å²) in [6, 6.07) is 11.9. The minimum Gasteiger partial charge on any atom is -0.389 e. The number of hydrogen-bond donors (Lipinski definition) is 2. The summed E-state index contributed by atoms with van der Waals surface area (Å²) in [6.45, 7) is 0.613. The first kappa shape index (κ1) is 18.8. The standard InChI is InChI=1S/C21H21N5O3/c27-19-13-25(11-8-17(19)24-20(28)18-3-1-2-9-23-18)21(29)15-4-6-16(7-5-15)26-12-10-22-14-26/h1-7,9-10,12,14,17,19,27H,8,11,13H2,(H,24,28)/t17-,19-/m1/s1. The number of piperidine rings is 1. The minimum atomic E-state index is -0.842. The zero-order chi connectivity index (χ0) is 20.2. The number of aliphatic hydroxyl groups excluding tert-OH is 1. The van der Waals surface area contributed by atoms with Gasteiger partial charge in [0.05, 0.1) is 18.5 Å². The first-order valence-electron chi connectivity index (χ1n) is 9.39. The number of likely N-dealkylation sites (tertiary alicyclic amines) is 1. The molecule has 8 nitrogen and oxygen atoms in total. The number of carbonyl (C=O) groups is 2. The van der Waals surface area contributed by atoms with Crippen LogP contribution in [0, 0.1) is 0 Å². The summed E-state index contributed by atoms with van der Waals surface area (Å²) in [5.74, 6) is -0.472. The van der Waals surface area contributed by atoms with Crippen molar-refractivity contribution in [1.29, 1.82) is 0 Å². The van der Waals surface area contributed by atoms with E-state index >= 15 is 0 Å². The largest absolute Gasteiger partial charge is 0.389 e. The molecule has 29 heavy (non-hydrogen) atoms. The molecular formula is C21H21N5O3. The Morgan fingerprint density at radius 2 is 1.93 bits per heavy atom. The van der Waals surface area contributed by atoms with Crippen LogP contribution >= 0.6 is 0 Å². The fourth-order valence-corrected chi connectivity index (χ4v) is 3.39. The Balaban J connectivity index is 1.36. The fraction of sp³-hybridized carbons (Fsp3) is 0.238. The fourth-order valence-electron chi connectivity index (χ4n) is 3.39. The van der Waals surface area contributed by atoms with Gasteiger partial charge in [-0.25, -0.2) is 4.98 Å². The van der Waals surface area contributed by atoms with Crippen molar-refractivity contribution in [3.63, 3.8) is 0 Å². The van der Waals surface area contributed by atoms with Crippen LogP contribution in [-0.4, -0.2) is 61.6 Å². The van der Waals surface area contributed by atoms with Gasteiger partial charge in [-0.15, -0.1) is 0 Å². The van der Waals surface area contributed by atoms with Crippen molar-refractivity contribution in [2.45, 2.75) is 18.6 Å². The van der Waals surface area contributed by atoms with Gasteiger partial charge in [0, 0.05) is 42.9 Å². The SMILES string of the molecule is O=C(N[C@@H]1CCN(C(=O)c2ccc(-n3ccnc3)cc2)C[C@H]1O)c1ccccn1. The van der Waals surface area contributed by atoms with E-state index in [1.165, 1.54) is 0 Å². The molecule has 148 valence electrons. The van der Waals surface area contributed by atoms with Crippen molar-refractivity contribution >= 4 is 11.8 Å². The van der Waals surface area contributed by atoms with Crippen LogP contribution in [0.15, 0.2) is 67.4 Å². The third-order valence-electron chi connectivity index (χ3n) is 5.00. The third kappa shape index (κ3) is 4.17. The van der Waals surface area contributed by atoms with E-state index in [1.54, 1.807) is 54.0 Å². The molecule has 8 heteroatoms. The van der Waals surface area contributed by atoms with Gasteiger partial charge in [0.1, 0.15) is 5.69 Å². The maximum Gasteiger partial charge on any atom is 0.270 e. The molecule has 2 atom stereocenters. The second kappa shape index (κ2) is 8.24. The second-order valence-corrected chi connectivity index (χ2v) is 6.92. The smallest absolute Gasteiger partial charge is 0.270 e. The highest BCUT2D eigenvalue weighted by molar-refractivity contribution is 5.94. The van der Waals surface area contributed by atoms with Gasteiger partial charge in [-0.05, 0) is 42.8 Å². The quantitative estimate of drug-likeness (QED) is 0.698. The number of hydrogen-bond acceptors (Lipinski definition) is 5. The molecule has 1 saturated heterocycles. The Morgan fingerprint density at radius 1 is 1.10 bits per heavy atom. The molecule has 4 rings (SSSR count). The zero-order valence-corrected chi connectivity index (χ0v) is 15.7. The molecule has 1 aliphatic rings. The highest BCUT2D eigenvalue weighted by atomic mass is 16.3. The Kier molecular flexibility index (Phi) is 5.35. The number of rotatable bonds is 4. The summed E-state index contributed by atoms with van der Waals surface area (Å²) >= 11 is 0. The average molecular weight is 391 g/mol. The Labute approximate surface area is 167 Å². The van der Waals surface area contributed by atoms with E-state index in [4.69, 9.17) is 0 Å². The normalized spacial score (nSPS) is 19.0. The van der Waals surface area contributed by atoms with Gasteiger partial charge in [-0.2, -0.15) is 0 Å². The number of amides is 2. The van der Waals surface area contributed by atoms with Crippen LogP contribution < -0.4 is 5.32 Å². The number of aliphatic hydroxyl groups is 1. The molecule has 2 aromatic heterocycles. The molecule has 1 fully saturated rings. The maximum absolute atomic E-state index is 12.8. The molecule has 1 aromatic carbocycles. The van der Waals surface area contributed by atoms with Gasteiger partial charge in [-0.1, -0.05) is 6.07 Å². The molecule has 0 aliphatic carbocycles. The Morgan fingerprint density at radius 3 is 2.59 bits per heavy atom. The van der Waals surface area contributed by atoms with E-state index in [-0.39, 0.29) is 18.4 Å². The number of pyridine rings is 1. The van der Waals surface area contributed by atoms with Crippen LogP contribution in [0.3, 0.4) is 0 Å². The van der Waals surface area contributed by atoms with Crippen molar-refractivity contribution in [2.24, 2.45) is 0 Å². The molecule has 1 aliphatic heterocycles. The number of carbonyl (C=O) groups excluding carboxylic acids is 2. The first-order chi connectivity index (χ1) is 14.1. The van der Waals surface area contributed by atoms with Crippen molar-refractivity contribution in [2.75, 3.05) is 13.1 Å². The lowest BCUT2D eigenvalue weighted by atomic mass is 10.0. The number of β-amino-alcohol motifs (C(OH)–C–C–N with tert-alkyl or cyclic N) is 1. The molecule has 0 spiro atoms. The van der Waals surface area contributed by atoms with Crippen molar-refractivity contribution < 1.29 is 14.7 Å². The number of benzene rings is 1. The van der Waals surface area contributed by atoms with Crippen molar-refractivity contribution in [3.8, 4) is 5.69 Å². The lowest BCUT2D eigenvalue weighted by Gasteiger charge is -2.36. The third-order valence-corrected chi connectivity index (χ3v) is 5.00. The van der Waals surface area contributed by atoms with Crippen LogP contribution in [0.5, 0.6) is 0 Å². The first-order valence-corrected chi connectivity index (χ1v) is 9.39. The minimum absolute atomic E-state index is 0.143. The second-order valence-electron chi connectivity index (χ2n) is 6.92. The van der Waals surface area contributed by atoms with Gasteiger partial charge in [-0.3, -0.25) is 14.6 Å². The van der Waals surface area contributed by atoms with Crippen LogP contribution in [0.4, 0.5) is 0 Å². The van der Waals surface area contributed by atoms with Crippen LogP contribution in [0.1, 0.15) is 27.3 Å². The number of nitrogens with one attached hydrogen (secondary N) is 1. The molecule has 0 radical (unpaired) electrons. The average Bonchev–Trinajstić information content (AvgIpc) is 3.30. The molecule has 3 heterocycles. The van der Waals surface area contributed by atoms with E-state index < -0.39 is 12.1 Å². The lowest BCUT2D eigenvalue weighted by molar-refractivity contribution is 0.0314. The lowest BCUT2D eigenvalue weighted by Crippen LogP contribution is -2.55. The molecule has 2 N–H and O–H groups in total. The predicted octanol–water partition coefficient (Wildman–Crippen LogP) is 1.27. The van der Waals surface area contributed by atoms with Crippen LogP contribution in [0.25, 0.3) is 5.69 Å². The molecule has 2 amide bonds. The maximum atomic E-state index is 12.8. The van der Waals surface area contributed by atoms with Crippen LogP contribution in [0.2, 0.25) is 0 Å². The number of aromatic nitrogens is 3. The predicted molar refractivity (Wildman–Crippen MR) is 106 cm³/mol. The van der Waals surface area contributed by atoms with Gasteiger partial charge < -0.3 is 19.9 Å². The van der Waals surface area contributed by atoms with Gasteiger partial charge in [0.25, 0.3) is 11.8 Å². The van der Waals surface area contributed by atoms with E-state index in [0.29, 0.717) is 24.2 Å². The Bertz CT molecular complexity index is 973. The van der Waals surface area contributed by atoms with Gasteiger partial charge in [0.2, 0.25) is 0 Å². The number of imidazole rings is 1. The van der Waals surface area contributed by atoms with E-state index in [9.17, 15) is 14.7 Å². The van der Waals surface area contributed by atoms with Crippen LogP contribution in [-0.2, 0) is 0 Å². The van der Waals surface area contributed by atoms with E-state index in [2.05, 4.69) is 15.3 Å². The highest BCUT2D eigenvalue weighted by Gasteiger charge is 2.31. The summed E-state index contributed by atoms with van der Waals surface area (Å²) in [4.78, 5) is 34.7. The zero-order valence-electron chi connectivity index (χ0n) is 15.7. The van der Waals surface area contributed by atoms with Gasteiger partial charge >= 0.3 is 0 Å². The summed E-state index contributed by atoms with van der Waals surface area (Å²) in [5.41, 5.74) is 1.77. The van der Waals surface area contributed by atoms with Crippen molar-refractivity contribution in [1.82, 2.24) is 24.8 Å². The summed E-state index contributed by atoms with van der Waals surface area (Å²) < 4.78 is 1.85. The van der Waals surface area contributed by atoms with Crippen molar-refractivity contribution in [3.05, 3.63) is 78.6 Å². The van der Waals surface area contributed by atoms with E-state index in [1.807, 2.05) is 22.9 Å². The molecule has 0 bridgehead atoms. The molecular weight excluding hydrogens is 370 g/mol. The number of nitrogens with zero attached hydrogens (tertiary/aromatic N) is 4.